The first kappa shape index (κ1) is 25.8. The van der Waals surface area contributed by atoms with Crippen molar-refractivity contribution in [1.82, 2.24) is 4.90 Å². The van der Waals surface area contributed by atoms with Crippen LogP contribution in [0, 0.1) is 0 Å². The number of aliphatic hydroxyl groups is 1. The molecule has 2 aromatic rings. The molecule has 0 saturated carbocycles. The summed E-state index contributed by atoms with van der Waals surface area (Å²) in [5, 5.41) is 10.6. The van der Waals surface area contributed by atoms with Gasteiger partial charge in [-0.05, 0) is 60.4 Å². The van der Waals surface area contributed by atoms with E-state index in [1.54, 1.807) is 18.2 Å². The van der Waals surface area contributed by atoms with Gasteiger partial charge in [0.1, 0.15) is 11.9 Å². The largest absolute Gasteiger partial charge is 0.612 e. The van der Waals surface area contributed by atoms with Gasteiger partial charge in [-0.2, -0.15) is 0 Å². The molecule has 0 aromatic heterocycles. The van der Waals surface area contributed by atoms with Crippen molar-refractivity contribution in [2.45, 2.75) is 36.7 Å². The lowest BCUT2D eigenvalue weighted by Gasteiger charge is -2.36. The van der Waals surface area contributed by atoms with Crippen molar-refractivity contribution in [1.29, 1.82) is 0 Å². The second-order valence-electron chi connectivity index (χ2n) is 8.61. The molecule has 1 saturated heterocycles. The summed E-state index contributed by atoms with van der Waals surface area (Å²) in [5.41, 5.74) is 2.19. The molecule has 0 bridgehead atoms. The minimum Gasteiger partial charge on any atom is -0.612 e. The Balaban J connectivity index is 1.40. The van der Waals surface area contributed by atoms with Crippen molar-refractivity contribution in [2.75, 3.05) is 54.9 Å². The fraction of sp³-hybridized carbons (Fsp3) is 0.500. The Labute approximate surface area is 201 Å². The summed E-state index contributed by atoms with van der Waals surface area (Å²) >= 11 is -1.34. The summed E-state index contributed by atoms with van der Waals surface area (Å²) in [7, 11) is -3.50. The number of hydrogen-bond donors (Lipinski definition) is 2. The highest BCUT2D eigenvalue weighted by molar-refractivity contribution is 7.92. The van der Waals surface area contributed by atoms with E-state index in [0.717, 1.165) is 58.2 Å². The van der Waals surface area contributed by atoms with Crippen LogP contribution in [0.15, 0.2) is 53.4 Å². The molecule has 182 valence electrons. The van der Waals surface area contributed by atoms with Gasteiger partial charge in [-0.25, -0.2) is 8.42 Å². The fourth-order valence-corrected chi connectivity index (χ4v) is 5.48. The minimum absolute atomic E-state index is 0.268. The maximum Gasteiger partial charge on any atom is 0.229 e. The van der Waals surface area contributed by atoms with E-state index in [1.807, 2.05) is 6.07 Å². The van der Waals surface area contributed by atoms with Crippen molar-refractivity contribution in [3.05, 3.63) is 54.1 Å². The molecule has 2 unspecified atom stereocenters. The number of benzene rings is 2. The van der Waals surface area contributed by atoms with Crippen LogP contribution in [0.2, 0.25) is 0 Å². The van der Waals surface area contributed by atoms with Gasteiger partial charge in [0, 0.05) is 31.9 Å². The SMILES string of the molecule is C[S+]([O-])c1ccc(C(O)CCCCCN2CCN(c3ccccc3)CC2)cc1NS(C)(=O)=O. The lowest BCUT2D eigenvalue weighted by Crippen LogP contribution is -2.46. The molecule has 1 fully saturated rings. The van der Waals surface area contributed by atoms with Crippen LogP contribution in [0.25, 0.3) is 0 Å². The molecule has 1 heterocycles. The average molecular weight is 494 g/mol. The van der Waals surface area contributed by atoms with E-state index in [1.165, 1.54) is 11.9 Å². The molecule has 9 heteroatoms. The number of piperazine rings is 1. The zero-order valence-electron chi connectivity index (χ0n) is 19.4. The highest BCUT2D eigenvalue weighted by Gasteiger charge is 2.19. The Bertz CT molecular complexity index is 978. The zero-order chi connectivity index (χ0) is 23.8. The number of anilines is 2. The van der Waals surface area contributed by atoms with Crippen LogP contribution >= 0.6 is 0 Å². The first-order valence-electron chi connectivity index (χ1n) is 11.4. The van der Waals surface area contributed by atoms with Gasteiger partial charge in [-0.15, -0.1) is 0 Å². The minimum atomic E-state index is -3.50. The van der Waals surface area contributed by atoms with Crippen molar-refractivity contribution in [3.63, 3.8) is 0 Å². The quantitative estimate of drug-likeness (QED) is 0.369. The molecule has 7 nitrogen and oxygen atoms in total. The van der Waals surface area contributed by atoms with Gasteiger partial charge in [-0.1, -0.05) is 37.1 Å². The summed E-state index contributed by atoms with van der Waals surface area (Å²) in [6.07, 6.45) is 5.49. The molecule has 0 spiro atoms. The Hall–Kier alpha value is -1.78. The molecule has 0 amide bonds. The first-order valence-corrected chi connectivity index (χ1v) is 14.8. The number of nitrogens with one attached hydrogen (secondary N) is 1. The first-order chi connectivity index (χ1) is 15.7. The molecule has 0 radical (unpaired) electrons. The van der Waals surface area contributed by atoms with Crippen LogP contribution in [0.1, 0.15) is 37.4 Å². The number of hydrogen-bond acceptors (Lipinski definition) is 6. The molecule has 33 heavy (non-hydrogen) atoms. The maximum atomic E-state index is 11.9. The van der Waals surface area contributed by atoms with Crippen molar-refractivity contribution < 1.29 is 18.1 Å². The molecule has 3 rings (SSSR count). The smallest absolute Gasteiger partial charge is 0.229 e. The van der Waals surface area contributed by atoms with Crippen LogP contribution in [0.5, 0.6) is 0 Å². The molecule has 1 aliphatic heterocycles. The second-order valence-corrected chi connectivity index (χ2v) is 11.7. The predicted octanol–water partition coefficient (Wildman–Crippen LogP) is 3.21. The number of nitrogens with zero attached hydrogens (tertiary/aromatic N) is 2. The highest BCUT2D eigenvalue weighted by Crippen LogP contribution is 2.28. The van der Waals surface area contributed by atoms with Gasteiger partial charge in [-0.3, -0.25) is 9.62 Å². The third-order valence-electron chi connectivity index (χ3n) is 5.94. The Kier molecular flexibility index (Phi) is 9.46. The number of sulfonamides is 1. The average Bonchev–Trinajstić information content (AvgIpc) is 2.78. The van der Waals surface area contributed by atoms with Crippen LogP contribution < -0.4 is 9.62 Å². The number of unbranched alkanes of at least 4 members (excludes halogenated alkanes) is 2. The summed E-state index contributed by atoms with van der Waals surface area (Å²) in [6, 6.07) is 15.5. The second kappa shape index (κ2) is 12.1. The maximum absolute atomic E-state index is 11.9. The van der Waals surface area contributed by atoms with Gasteiger partial charge >= 0.3 is 0 Å². The molecule has 1 aliphatic rings. The number of para-hydroxylation sites is 1. The monoisotopic (exact) mass is 493 g/mol. The van der Waals surface area contributed by atoms with E-state index in [0.29, 0.717) is 16.9 Å². The van der Waals surface area contributed by atoms with Crippen molar-refractivity contribution >= 4 is 32.6 Å². The van der Waals surface area contributed by atoms with E-state index in [-0.39, 0.29) is 5.69 Å². The van der Waals surface area contributed by atoms with Gasteiger partial charge in [0.2, 0.25) is 10.0 Å². The van der Waals surface area contributed by atoms with Gasteiger partial charge in [0.15, 0.2) is 4.90 Å². The summed E-state index contributed by atoms with van der Waals surface area (Å²) in [5.74, 6) is 0. The van der Waals surface area contributed by atoms with Crippen LogP contribution in [-0.2, 0) is 21.2 Å². The fourth-order valence-electron chi connectivity index (χ4n) is 4.17. The van der Waals surface area contributed by atoms with E-state index in [4.69, 9.17) is 0 Å². The van der Waals surface area contributed by atoms with Crippen LogP contribution in [0.4, 0.5) is 11.4 Å². The Morgan fingerprint density at radius 3 is 2.39 bits per heavy atom. The summed E-state index contributed by atoms with van der Waals surface area (Å²) in [4.78, 5) is 5.34. The lowest BCUT2D eigenvalue weighted by atomic mass is 10.0. The van der Waals surface area contributed by atoms with Crippen molar-refractivity contribution in [3.8, 4) is 0 Å². The third-order valence-corrected chi connectivity index (χ3v) is 7.51. The van der Waals surface area contributed by atoms with E-state index in [9.17, 15) is 18.1 Å². The zero-order valence-corrected chi connectivity index (χ0v) is 21.1. The Morgan fingerprint density at radius 1 is 1.06 bits per heavy atom. The predicted molar refractivity (Wildman–Crippen MR) is 136 cm³/mol. The molecule has 0 aliphatic carbocycles. The third kappa shape index (κ3) is 8.19. The number of rotatable bonds is 11. The summed E-state index contributed by atoms with van der Waals surface area (Å²) in [6.45, 7) is 5.30. The lowest BCUT2D eigenvalue weighted by molar-refractivity contribution is 0.162. The highest BCUT2D eigenvalue weighted by atomic mass is 32.2. The van der Waals surface area contributed by atoms with Crippen LogP contribution in [0.3, 0.4) is 0 Å². The van der Waals surface area contributed by atoms with Crippen LogP contribution in [-0.4, -0.2) is 68.2 Å². The van der Waals surface area contributed by atoms with Gasteiger partial charge < -0.3 is 14.6 Å². The molecule has 2 aromatic carbocycles. The van der Waals surface area contributed by atoms with Gasteiger partial charge in [0.05, 0.1) is 12.4 Å². The van der Waals surface area contributed by atoms with E-state index < -0.39 is 27.3 Å². The summed E-state index contributed by atoms with van der Waals surface area (Å²) < 4.78 is 37.6. The molecular weight excluding hydrogens is 458 g/mol. The van der Waals surface area contributed by atoms with Crippen molar-refractivity contribution in [2.24, 2.45) is 0 Å². The molecule has 2 atom stereocenters. The molecule has 2 N–H and O–H groups in total. The van der Waals surface area contributed by atoms with E-state index >= 15 is 0 Å². The standard InChI is InChI=1S/C24H35N3O4S2/c1-32(29)24-13-12-20(19-22(24)25-33(2,30)31)23(28)11-7-4-8-14-26-15-17-27(18-16-26)21-9-5-3-6-10-21/h3,5-6,9-10,12-13,19,23,25,28H,4,7-8,11,14-18H2,1-2H3. The molecular formula is C24H35N3O4S2. The normalized spacial score (nSPS) is 17.0. The van der Waals surface area contributed by atoms with Gasteiger partial charge in [0.25, 0.3) is 0 Å². The topological polar surface area (TPSA) is 95.9 Å². The van der Waals surface area contributed by atoms with E-state index in [2.05, 4.69) is 38.8 Å². The number of aliphatic hydroxyl groups excluding tert-OH is 1. The Morgan fingerprint density at radius 2 is 1.76 bits per heavy atom.